The summed E-state index contributed by atoms with van der Waals surface area (Å²) < 4.78 is 0. The summed E-state index contributed by atoms with van der Waals surface area (Å²) >= 11 is 7.59. The second-order valence-electron chi connectivity index (χ2n) is 4.35. The van der Waals surface area contributed by atoms with E-state index in [1.807, 2.05) is 0 Å². The van der Waals surface area contributed by atoms with Crippen molar-refractivity contribution in [1.82, 2.24) is 0 Å². The summed E-state index contributed by atoms with van der Waals surface area (Å²) in [6, 6.07) is 0. The summed E-state index contributed by atoms with van der Waals surface area (Å²) in [4.78, 5) is 48.4. The third-order valence-corrected chi connectivity index (χ3v) is 5.34. The Hall–Kier alpha value is 1.75. The molecule has 0 aromatic rings. The summed E-state index contributed by atoms with van der Waals surface area (Å²) in [5.74, 6) is 1.90. The van der Waals surface area contributed by atoms with Gasteiger partial charge in [-0.15, -0.1) is 0 Å². The van der Waals surface area contributed by atoms with E-state index < -0.39 is 13.4 Å². The molecular weight excluding hydrogens is 414 g/mol. The zero-order valence-corrected chi connectivity index (χ0v) is 16.8. The molecule has 6 N–H and O–H groups in total. The van der Waals surface area contributed by atoms with E-state index in [0.717, 1.165) is 11.8 Å². The van der Waals surface area contributed by atoms with Gasteiger partial charge in [-0.2, -0.15) is 0 Å². The van der Waals surface area contributed by atoms with Gasteiger partial charge < -0.3 is 29.4 Å². The van der Waals surface area contributed by atoms with Gasteiger partial charge in [-0.3, -0.25) is 0 Å². The first-order chi connectivity index (χ1) is 8.13. The fraction of sp³-hybridized carbons (Fsp3) is 1.00. The van der Waals surface area contributed by atoms with Crippen molar-refractivity contribution in [1.29, 1.82) is 0 Å². The van der Waals surface area contributed by atoms with Crippen molar-refractivity contribution in [2.24, 2.45) is 11.8 Å². The Morgan fingerprint density at radius 3 is 1.00 bits per heavy atom. The topological polar surface area (TPSA) is 121 Å². The first-order valence-electron chi connectivity index (χ1n) is 5.27. The van der Waals surface area contributed by atoms with Crippen molar-refractivity contribution in [2.75, 3.05) is 0 Å². The van der Waals surface area contributed by atoms with Crippen LogP contribution in [0.5, 0.6) is 0 Å². The van der Waals surface area contributed by atoms with Crippen LogP contribution in [0.15, 0.2) is 0 Å². The van der Waals surface area contributed by atoms with Gasteiger partial charge in [-0.25, -0.2) is 0 Å². The third kappa shape index (κ3) is 104. The van der Waals surface area contributed by atoms with E-state index in [-0.39, 0.29) is 0 Å². The Morgan fingerprint density at radius 1 is 0.737 bits per heavy atom. The first kappa shape index (κ1) is 25.7. The molecule has 0 rings (SSSR count). The third-order valence-electron chi connectivity index (χ3n) is 0.902. The minimum Gasteiger partial charge on any atom is -0.325 e. The van der Waals surface area contributed by atoms with Gasteiger partial charge in [0.1, 0.15) is 0 Å². The Labute approximate surface area is 133 Å². The van der Waals surface area contributed by atoms with Crippen molar-refractivity contribution >= 4 is 37.1 Å². The van der Waals surface area contributed by atoms with Crippen LogP contribution in [0.1, 0.15) is 27.7 Å². The summed E-state index contributed by atoms with van der Waals surface area (Å²) in [5, 5.41) is 0. The second-order valence-corrected chi connectivity index (χ2v) is 12.0. The Balaban J connectivity index is -0.000000219. The molecule has 0 aromatic heterocycles. The van der Waals surface area contributed by atoms with E-state index in [1.54, 1.807) is 0 Å². The molecule has 0 heterocycles. The molecule has 6 nitrogen and oxygen atoms in total. The molecular formula is C8H24MoO6P2S2. The van der Waals surface area contributed by atoms with Crippen molar-refractivity contribution in [3.8, 4) is 0 Å². The van der Waals surface area contributed by atoms with Gasteiger partial charge in [-0.1, -0.05) is 0 Å². The van der Waals surface area contributed by atoms with E-state index in [0.29, 0.717) is 18.6 Å². The van der Waals surface area contributed by atoms with Crippen LogP contribution in [0.2, 0.25) is 9.62 Å². The van der Waals surface area contributed by atoms with E-state index in [2.05, 4.69) is 51.3 Å². The fourth-order valence-electron chi connectivity index (χ4n) is 0.539. The molecule has 0 aromatic carbocycles. The molecule has 0 saturated heterocycles. The molecule has 11 heteroatoms. The maximum atomic E-state index is 7.56. The minimum atomic E-state index is -3.81. The maximum absolute atomic E-state index is 7.56. The van der Waals surface area contributed by atoms with Gasteiger partial charge in [0.05, 0.1) is 0 Å². The van der Waals surface area contributed by atoms with Crippen molar-refractivity contribution < 1.29 is 47.9 Å². The Morgan fingerprint density at radius 2 is 0.895 bits per heavy atom. The molecule has 0 fully saturated rings. The summed E-state index contributed by atoms with van der Waals surface area (Å²) in [7, 11) is 0. The molecule has 0 amide bonds. The Bertz CT molecular complexity index is 246. The molecule has 0 bridgehead atoms. The standard InChI is InChI=1S/2C4H9.Mo.2H3O3PS/c2*1-4(2)3;;2*1-4(2,3)5/h2*4H,1H2,2-3H3;;2*(H3,1,2,3,5). The van der Waals surface area contributed by atoms with Gasteiger partial charge in [0.25, 0.3) is 0 Å². The van der Waals surface area contributed by atoms with E-state index >= 15 is 0 Å². The van der Waals surface area contributed by atoms with Crippen LogP contribution < -0.4 is 0 Å². The fourth-order valence-corrected chi connectivity index (χ4v) is 3.19. The van der Waals surface area contributed by atoms with Crippen LogP contribution in [0.3, 0.4) is 0 Å². The SMILES string of the molecule is CC(C)[CH2][Mo][CH2]C(C)C.OP(O)(O)=S.OP(O)(O)=S. The largest absolute Gasteiger partial charge is 0.325 e. The van der Waals surface area contributed by atoms with Crippen LogP contribution in [0.25, 0.3) is 0 Å². The quantitative estimate of drug-likeness (QED) is 0.289. The summed E-state index contributed by atoms with van der Waals surface area (Å²) in [5.41, 5.74) is 0. The van der Waals surface area contributed by atoms with E-state index in [1.165, 1.54) is 9.62 Å². The zero-order chi connectivity index (χ0) is 16.3. The molecule has 0 unspecified atom stereocenters. The van der Waals surface area contributed by atoms with Crippen molar-refractivity contribution in [2.45, 2.75) is 37.3 Å². The van der Waals surface area contributed by atoms with Crippen LogP contribution in [0, 0.1) is 11.8 Å². The smallest absolute Gasteiger partial charge is 0.319 e. The number of hydrogen-bond donors (Lipinski definition) is 6. The molecule has 19 heavy (non-hydrogen) atoms. The molecule has 0 atom stereocenters. The molecule has 0 spiro atoms. The van der Waals surface area contributed by atoms with Gasteiger partial charge >= 0.3 is 81.2 Å². The normalized spacial score (nSPS) is 11.6. The van der Waals surface area contributed by atoms with E-state index in [9.17, 15) is 0 Å². The Kier molecular flexibility index (Phi) is 18.1. The van der Waals surface area contributed by atoms with Gasteiger partial charge in [0.2, 0.25) is 0 Å². The first-order valence-corrected chi connectivity index (χ1v) is 13.4. The second kappa shape index (κ2) is 13.4. The molecule has 0 aliphatic rings. The minimum absolute atomic E-state index is 0.386. The van der Waals surface area contributed by atoms with Crippen LogP contribution in [-0.4, -0.2) is 29.4 Å². The van der Waals surface area contributed by atoms with Crippen LogP contribution >= 0.6 is 13.4 Å². The molecule has 0 aliphatic carbocycles. The maximum Gasteiger partial charge on any atom is 0.319 e. The predicted molar refractivity (Wildman–Crippen MR) is 81.2 cm³/mol. The zero-order valence-electron chi connectivity index (χ0n) is 11.4. The van der Waals surface area contributed by atoms with Gasteiger partial charge in [0.15, 0.2) is 0 Å². The molecule has 0 radical (unpaired) electrons. The van der Waals surface area contributed by atoms with Crippen molar-refractivity contribution in [3.05, 3.63) is 0 Å². The van der Waals surface area contributed by atoms with Crippen molar-refractivity contribution in [3.63, 3.8) is 0 Å². The average Bonchev–Trinajstić information content (AvgIpc) is 1.94. The molecule has 0 aliphatic heterocycles. The molecule has 0 saturated carbocycles. The number of hydrogen-bond acceptors (Lipinski definition) is 2. The monoisotopic (exact) mass is 440 g/mol. The van der Waals surface area contributed by atoms with Crippen LogP contribution in [0.4, 0.5) is 0 Å². The van der Waals surface area contributed by atoms with Gasteiger partial charge in [0, 0.05) is 0 Å². The summed E-state index contributed by atoms with van der Waals surface area (Å²) in [6.45, 7) is 1.69. The van der Waals surface area contributed by atoms with Gasteiger partial charge in [-0.05, 0) is 23.6 Å². The predicted octanol–water partition coefficient (Wildman–Crippen LogP) is 1.59. The average molecular weight is 438 g/mol. The van der Waals surface area contributed by atoms with Crippen LogP contribution in [-0.2, 0) is 42.2 Å². The molecule has 120 valence electrons. The van der Waals surface area contributed by atoms with E-state index in [4.69, 9.17) is 29.4 Å². The summed E-state index contributed by atoms with van der Waals surface area (Å²) in [6.07, 6.45) is 0. The number of rotatable bonds is 4.